The molecule has 3 heteroatoms. The monoisotopic (exact) mass is 275 g/mol. The van der Waals surface area contributed by atoms with Crippen molar-refractivity contribution in [1.29, 1.82) is 0 Å². The van der Waals surface area contributed by atoms with E-state index >= 15 is 0 Å². The van der Waals surface area contributed by atoms with Crippen LogP contribution >= 0.6 is 0 Å². The first-order valence-corrected chi connectivity index (χ1v) is 7.58. The zero-order valence-corrected chi connectivity index (χ0v) is 12.8. The molecule has 20 heavy (non-hydrogen) atoms. The first-order valence-electron chi connectivity index (χ1n) is 7.58. The molecule has 1 aliphatic rings. The van der Waals surface area contributed by atoms with Crippen molar-refractivity contribution in [3.8, 4) is 5.75 Å². The molecule has 3 nitrogen and oxygen atoms in total. The number of nitrogens with zero attached hydrogens (tertiary/aromatic N) is 1. The largest absolute Gasteiger partial charge is 0.481 e. The topological polar surface area (TPSA) is 29.5 Å². The van der Waals surface area contributed by atoms with Crippen LogP contribution in [-0.4, -0.2) is 30.0 Å². The Morgan fingerprint density at radius 2 is 1.80 bits per heavy atom. The normalized spacial score (nSPS) is 17.6. The Balaban J connectivity index is 1.92. The number of amides is 1. The summed E-state index contributed by atoms with van der Waals surface area (Å²) in [5.41, 5.74) is 1.19. The highest BCUT2D eigenvalue weighted by molar-refractivity contribution is 5.81. The first kappa shape index (κ1) is 14.9. The number of ether oxygens (including phenoxy) is 1. The van der Waals surface area contributed by atoms with E-state index in [0.29, 0.717) is 6.04 Å². The number of aryl methyl sites for hydroxylation is 1. The molecule has 1 aliphatic carbocycles. The van der Waals surface area contributed by atoms with Crippen molar-refractivity contribution in [3.63, 3.8) is 0 Å². The van der Waals surface area contributed by atoms with Gasteiger partial charge >= 0.3 is 0 Å². The fraction of sp³-hybridized carbons (Fsp3) is 0.588. The third-order valence-corrected chi connectivity index (χ3v) is 4.15. The molecule has 0 radical (unpaired) electrons. The van der Waals surface area contributed by atoms with E-state index in [1.165, 1.54) is 24.8 Å². The van der Waals surface area contributed by atoms with Gasteiger partial charge in [-0.1, -0.05) is 37.0 Å². The quantitative estimate of drug-likeness (QED) is 0.841. The number of hydrogen-bond donors (Lipinski definition) is 0. The molecule has 110 valence electrons. The lowest BCUT2D eigenvalue weighted by Crippen LogP contribution is -2.44. The second-order valence-electron chi connectivity index (χ2n) is 5.81. The standard InChI is InChI=1S/C17H25NO2/c1-13-9-11-16(12-10-13)20-14(2)17(19)18(3)15-7-5-4-6-8-15/h9-12,14-15H,4-8H2,1-3H3/t14-/m1/s1. The molecule has 1 aromatic carbocycles. The first-order chi connectivity index (χ1) is 9.58. The lowest BCUT2D eigenvalue weighted by atomic mass is 9.94. The van der Waals surface area contributed by atoms with Crippen LogP contribution in [0, 0.1) is 6.92 Å². The molecule has 0 unspecified atom stereocenters. The van der Waals surface area contributed by atoms with Gasteiger partial charge in [-0.2, -0.15) is 0 Å². The van der Waals surface area contributed by atoms with Crippen molar-refractivity contribution in [2.45, 2.75) is 58.1 Å². The minimum atomic E-state index is -0.426. The molecule has 0 aliphatic heterocycles. The second-order valence-corrected chi connectivity index (χ2v) is 5.81. The van der Waals surface area contributed by atoms with Crippen LogP contribution in [0.2, 0.25) is 0 Å². The predicted octanol–water partition coefficient (Wildman–Crippen LogP) is 3.55. The van der Waals surface area contributed by atoms with E-state index in [9.17, 15) is 4.79 Å². The number of carbonyl (C=O) groups is 1. The van der Waals surface area contributed by atoms with Crippen LogP contribution in [0.4, 0.5) is 0 Å². The van der Waals surface area contributed by atoms with Crippen molar-refractivity contribution in [3.05, 3.63) is 29.8 Å². The van der Waals surface area contributed by atoms with E-state index in [2.05, 4.69) is 0 Å². The molecule has 0 spiro atoms. The van der Waals surface area contributed by atoms with Gasteiger partial charge in [0.25, 0.3) is 5.91 Å². The summed E-state index contributed by atoms with van der Waals surface area (Å²) in [5.74, 6) is 0.839. The summed E-state index contributed by atoms with van der Waals surface area (Å²) in [6.07, 6.45) is 5.59. The Bertz CT molecular complexity index is 435. The molecule has 1 amide bonds. The maximum absolute atomic E-state index is 12.4. The van der Waals surface area contributed by atoms with Crippen molar-refractivity contribution in [1.82, 2.24) is 4.90 Å². The van der Waals surface area contributed by atoms with E-state index in [1.807, 2.05) is 50.1 Å². The summed E-state index contributed by atoms with van der Waals surface area (Å²) >= 11 is 0. The summed E-state index contributed by atoms with van der Waals surface area (Å²) in [4.78, 5) is 14.3. The van der Waals surface area contributed by atoms with Gasteiger partial charge in [0, 0.05) is 13.1 Å². The molecular formula is C17H25NO2. The van der Waals surface area contributed by atoms with Crippen LogP contribution < -0.4 is 4.74 Å². The van der Waals surface area contributed by atoms with Crippen LogP contribution in [0.1, 0.15) is 44.6 Å². The third-order valence-electron chi connectivity index (χ3n) is 4.15. The molecule has 0 bridgehead atoms. The summed E-state index contributed by atoms with van der Waals surface area (Å²) < 4.78 is 5.75. The third kappa shape index (κ3) is 3.75. The van der Waals surface area contributed by atoms with Crippen molar-refractivity contribution in [2.75, 3.05) is 7.05 Å². The minimum absolute atomic E-state index is 0.0810. The smallest absolute Gasteiger partial charge is 0.263 e. The van der Waals surface area contributed by atoms with E-state index < -0.39 is 6.10 Å². The van der Waals surface area contributed by atoms with Crippen LogP contribution in [0.15, 0.2) is 24.3 Å². The van der Waals surface area contributed by atoms with Gasteiger partial charge in [-0.15, -0.1) is 0 Å². The maximum atomic E-state index is 12.4. The minimum Gasteiger partial charge on any atom is -0.481 e. The van der Waals surface area contributed by atoms with Crippen LogP contribution in [0.5, 0.6) is 5.75 Å². The van der Waals surface area contributed by atoms with Gasteiger partial charge in [0.05, 0.1) is 0 Å². The average Bonchev–Trinajstić information content (AvgIpc) is 2.49. The molecule has 0 N–H and O–H groups in total. The summed E-state index contributed by atoms with van der Waals surface area (Å²) in [7, 11) is 1.91. The van der Waals surface area contributed by atoms with Crippen molar-refractivity contribution >= 4 is 5.91 Å². The van der Waals surface area contributed by atoms with Gasteiger partial charge in [-0.05, 0) is 38.8 Å². The van der Waals surface area contributed by atoms with Crippen LogP contribution in [-0.2, 0) is 4.79 Å². The Morgan fingerprint density at radius 3 is 2.40 bits per heavy atom. The van der Waals surface area contributed by atoms with Gasteiger partial charge < -0.3 is 9.64 Å². The van der Waals surface area contributed by atoms with Gasteiger partial charge in [0.15, 0.2) is 6.10 Å². The van der Waals surface area contributed by atoms with E-state index in [1.54, 1.807) is 0 Å². The lowest BCUT2D eigenvalue weighted by molar-refractivity contribution is -0.139. The molecule has 0 saturated heterocycles. The summed E-state index contributed by atoms with van der Waals surface area (Å²) in [6, 6.07) is 8.22. The predicted molar refractivity (Wildman–Crippen MR) is 80.9 cm³/mol. The lowest BCUT2D eigenvalue weighted by Gasteiger charge is -2.32. The molecule has 0 aromatic heterocycles. The molecule has 1 saturated carbocycles. The number of rotatable bonds is 4. The molecule has 1 fully saturated rings. The highest BCUT2D eigenvalue weighted by Crippen LogP contribution is 2.22. The Labute approximate surface area is 121 Å². The van der Waals surface area contributed by atoms with Gasteiger partial charge in [0.2, 0.25) is 0 Å². The Morgan fingerprint density at radius 1 is 1.20 bits per heavy atom. The fourth-order valence-corrected chi connectivity index (χ4v) is 2.81. The summed E-state index contributed by atoms with van der Waals surface area (Å²) in [5, 5.41) is 0. The molecule has 2 rings (SSSR count). The van der Waals surface area contributed by atoms with Crippen LogP contribution in [0.25, 0.3) is 0 Å². The fourth-order valence-electron chi connectivity index (χ4n) is 2.81. The number of carbonyl (C=O) groups excluding carboxylic acids is 1. The van der Waals surface area contributed by atoms with Gasteiger partial charge in [0.1, 0.15) is 5.75 Å². The van der Waals surface area contributed by atoms with Crippen molar-refractivity contribution in [2.24, 2.45) is 0 Å². The average molecular weight is 275 g/mol. The van der Waals surface area contributed by atoms with E-state index in [0.717, 1.165) is 18.6 Å². The molecule has 1 atom stereocenters. The van der Waals surface area contributed by atoms with Crippen LogP contribution in [0.3, 0.4) is 0 Å². The van der Waals surface area contributed by atoms with Gasteiger partial charge in [-0.3, -0.25) is 4.79 Å². The highest BCUT2D eigenvalue weighted by atomic mass is 16.5. The molecule has 0 heterocycles. The van der Waals surface area contributed by atoms with Gasteiger partial charge in [-0.25, -0.2) is 0 Å². The molecular weight excluding hydrogens is 250 g/mol. The zero-order chi connectivity index (χ0) is 14.5. The number of hydrogen-bond acceptors (Lipinski definition) is 2. The number of benzene rings is 1. The van der Waals surface area contributed by atoms with E-state index in [4.69, 9.17) is 4.74 Å². The van der Waals surface area contributed by atoms with Crippen molar-refractivity contribution < 1.29 is 9.53 Å². The number of likely N-dealkylation sites (N-methyl/N-ethyl adjacent to an activating group) is 1. The molecule has 1 aromatic rings. The second kappa shape index (κ2) is 6.78. The highest BCUT2D eigenvalue weighted by Gasteiger charge is 2.26. The Hall–Kier alpha value is -1.51. The summed E-state index contributed by atoms with van der Waals surface area (Å²) in [6.45, 7) is 3.87. The Kier molecular flexibility index (Phi) is 5.05. The van der Waals surface area contributed by atoms with E-state index in [-0.39, 0.29) is 5.91 Å². The SMILES string of the molecule is Cc1ccc(O[C@H](C)C(=O)N(C)C2CCCCC2)cc1. The zero-order valence-electron chi connectivity index (χ0n) is 12.8. The maximum Gasteiger partial charge on any atom is 0.263 e.